The fourth-order valence-electron chi connectivity index (χ4n) is 4.39. The van der Waals surface area contributed by atoms with Crippen molar-refractivity contribution < 1.29 is 19.0 Å². The molecule has 0 bridgehead atoms. The van der Waals surface area contributed by atoms with Crippen LogP contribution < -0.4 is 0 Å². The van der Waals surface area contributed by atoms with Crippen molar-refractivity contribution in [3.8, 4) is 0 Å². The van der Waals surface area contributed by atoms with Crippen molar-refractivity contribution in [3.63, 3.8) is 0 Å². The number of alkyl halides is 2. The lowest BCUT2D eigenvalue weighted by Crippen LogP contribution is -2.48. The number of esters is 1. The Bertz CT molecular complexity index is 588. The van der Waals surface area contributed by atoms with Crippen molar-refractivity contribution in [3.05, 3.63) is 23.3 Å². The van der Waals surface area contributed by atoms with E-state index in [2.05, 4.69) is 48.9 Å². The number of carbonyl (C=O) groups is 1. The van der Waals surface area contributed by atoms with Gasteiger partial charge in [0.2, 0.25) is 0 Å². The maximum Gasteiger partial charge on any atom is 0.319 e. The van der Waals surface area contributed by atoms with E-state index in [4.69, 9.17) is 25.8 Å². The van der Waals surface area contributed by atoms with E-state index < -0.39 is 5.79 Å². The zero-order valence-corrected chi connectivity index (χ0v) is 20.4. The predicted molar refractivity (Wildman–Crippen MR) is 122 cm³/mol. The van der Waals surface area contributed by atoms with Crippen LogP contribution in [0, 0.1) is 5.41 Å². The predicted octanol–water partition coefficient (Wildman–Crippen LogP) is 6.31. The van der Waals surface area contributed by atoms with Gasteiger partial charge in [-0.3, -0.25) is 4.79 Å². The molecule has 1 saturated carbocycles. The number of ether oxygens (including phenoxy) is 3. The number of hydrogen-bond donors (Lipinski definition) is 0. The van der Waals surface area contributed by atoms with E-state index >= 15 is 0 Å². The molecular formula is C23H36BrClO4. The Morgan fingerprint density at radius 1 is 1.17 bits per heavy atom. The van der Waals surface area contributed by atoms with Crippen LogP contribution in [0.25, 0.3) is 0 Å². The molecule has 0 aromatic rings. The lowest BCUT2D eigenvalue weighted by Gasteiger charge is -2.41. The van der Waals surface area contributed by atoms with Gasteiger partial charge in [-0.25, -0.2) is 0 Å². The van der Waals surface area contributed by atoms with Gasteiger partial charge < -0.3 is 14.2 Å². The molecule has 0 aromatic carbocycles. The monoisotopic (exact) mass is 490 g/mol. The van der Waals surface area contributed by atoms with Crippen LogP contribution in [0.15, 0.2) is 23.3 Å². The van der Waals surface area contributed by atoms with Crippen LogP contribution in [0.4, 0.5) is 0 Å². The van der Waals surface area contributed by atoms with Crippen molar-refractivity contribution in [2.45, 2.75) is 82.8 Å². The Morgan fingerprint density at radius 2 is 1.90 bits per heavy atom. The molecule has 1 saturated heterocycles. The highest BCUT2D eigenvalue weighted by Gasteiger charge is 2.59. The first-order valence-electron chi connectivity index (χ1n) is 10.8. The first-order valence-corrected chi connectivity index (χ1v) is 12.2. The topological polar surface area (TPSA) is 44.8 Å². The minimum absolute atomic E-state index is 0.251. The van der Waals surface area contributed by atoms with Gasteiger partial charge in [-0.2, -0.15) is 0 Å². The maximum absolute atomic E-state index is 12.4. The summed E-state index contributed by atoms with van der Waals surface area (Å²) in [5.74, 6) is -0.437. The van der Waals surface area contributed by atoms with Crippen LogP contribution in [0.2, 0.25) is 0 Å². The van der Waals surface area contributed by atoms with Gasteiger partial charge in [0.25, 0.3) is 0 Å². The first kappa shape index (κ1) is 24.9. The van der Waals surface area contributed by atoms with Crippen LogP contribution in [-0.2, 0) is 19.0 Å². The highest BCUT2D eigenvalue weighted by Crippen LogP contribution is 2.54. The lowest BCUT2D eigenvalue weighted by atomic mass is 9.77. The largest absolute Gasteiger partial charge is 0.464 e. The molecule has 1 unspecified atom stereocenters. The lowest BCUT2D eigenvalue weighted by molar-refractivity contribution is -0.236. The normalized spacial score (nSPS) is 24.7. The van der Waals surface area contributed by atoms with Crippen molar-refractivity contribution >= 4 is 33.5 Å². The minimum Gasteiger partial charge on any atom is -0.464 e. The first-order chi connectivity index (χ1) is 13.8. The van der Waals surface area contributed by atoms with Gasteiger partial charge >= 0.3 is 5.97 Å². The molecule has 1 spiro atoms. The minimum atomic E-state index is -0.606. The second-order valence-electron chi connectivity index (χ2n) is 8.55. The molecule has 0 N–H and O–H groups in total. The molecule has 2 fully saturated rings. The quantitative estimate of drug-likeness (QED) is 0.193. The van der Waals surface area contributed by atoms with Gasteiger partial charge in [0, 0.05) is 12.3 Å². The molecule has 2 atom stereocenters. The molecule has 0 aromatic heterocycles. The van der Waals surface area contributed by atoms with Crippen LogP contribution in [-0.4, -0.2) is 42.3 Å². The highest BCUT2D eigenvalue weighted by molar-refractivity contribution is 9.10. The van der Waals surface area contributed by atoms with Crippen molar-refractivity contribution in [1.29, 1.82) is 0 Å². The number of halogens is 2. The summed E-state index contributed by atoms with van der Waals surface area (Å²) >= 11 is 9.13. The molecule has 4 nitrogen and oxygen atoms in total. The van der Waals surface area contributed by atoms with Gasteiger partial charge in [-0.15, -0.1) is 11.6 Å². The molecule has 1 heterocycles. The molecule has 166 valence electrons. The third-order valence-corrected chi connectivity index (χ3v) is 7.09. The third-order valence-electron chi connectivity index (χ3n) is 6.04. The standard InChI is InChI=1S/C23H36BrClO4/c1-18(2)7-4-8-19(3)9-5-11-22(17-27-21(26)20(24)10-14-25)12-6-13-23(22)28-15-16-29-23/h7,9,20H,4-6,8,10-17H2,1-3H3/b19-9+/t20?,22-/m1/s1. The average molecular weight is 492 g/mol. The van der Waals surface area contributed by atoms with Gasteiger partial charge in [-0.1, -0.05) is 39.2 Å². The fourth-order valence-corrected chi connectivity index (χ4v) is 5.23. The summed E-state index contributed by atoms with van der Waals surface area (Å²) in [5.41, 5.74) is 2.47. The second kappa shape index (κ2) is 11.9. The Balaban J connectivity index is 2.02. The van der Waals surface area contributed by atoms with E-state index in [1.807, 2.05) is 0 Å². The summed E-state index contributed by atoms with van der Waals surface area (Å²) in [6.45, 7) is 8.02. The third kappa shape index (κ3) is 6.81. The SMILES string of the molecule is CC(C)=CCC/C(C)=C/CC[C@]1(COC(=O)C(Br)CCCl)CCCC12OCCO2. The van der Waals surface area contributed by atoms with Gasteiger partial charge in [-0.05, 0) is 65.7 Å². The zero-order chi connectivity index (χ0) is 21.3. The van der Waals surface area contributed by atoms with E-state index in [9.17, 15) is 4.79 Å². The van der Waals surface area contributed by atoms with E-state index in [1.54, 1.807) is 0 Å². The molecule has 0 radical (unpaired) electrons. The second-order valence-corrected chi connectivity index (χ2v) is 10.0. The molecule has 0 amide bonds. The molecule has 2 rings (SSSR count). The molecular weight excluding hydrogens is 456 g/mol. The number of allylic oxidation sites excluding steroid dienone is 4. The maximum atomic E-state index is 12.4. The van der Waals surface area contributed by atoms with E-state index in [-0.39, 0.29) is 16.2 Å². The molecule has 6 heteroatoms. The zero-order valence-electron chi connectivity index (χ0n) is 18.1. The van der Waals surface area contributed by atoms with Crippen LogP contribution in [0.5, 0.6) is 0 Å². The van der Waals surface area contributed by atoms with Crippen molar-refractivity contribution in [1.82, 2.24) is 0 Å². The summed E-state index contributed by atoms with van der Waals surface area (Å²) in [5, 5.41) is 0. The molecule has 2 aliphatic rings. The molecule has 1 aliphatic heterocycles. The van der Waals surface area contributed by atoms with Crippen LogP contribution in [0.3, 0.4) is 0 Å². The number of rotatable bonds is 11. The van der Waals surface area contributed by atoms with Gasteiger partial charge in [0.05, 0.1) is 18.6 Å². The van der Waals surface area contributed by atoms with E-state index in [0.29, 0.717) is 32.1 Å². The van der Waals surface area contributed by atoms with E-state index in [0.717, 1.165) is 44.9 Å². The van der Waals surface area contributed by atoms with Crippen LogP contribution >= 0.6 is 27.5 Å². The number of carbonyl (C=O) groups excluding carboxylic acids is 1. The van der Waals surface area contributed by atoms with Crippen LogP contribution in [0.1, 0.15) is 72.1 Å². The Hall–Kier alpha value is -0.360. The van der Waals surface area contributed by atoms with Gasteiger partial charge in [0.1, 0.15) is 11.4 Å². The van der Waals surface area contributed by atoms with Gasteiger partial charge in [0.15, 0.2) is 5.79 Å². The molecule has 29 heavy (non-hydrogen) atoms. The summed E-state index contributed by atoms with van der Waals surface area (Å²) in [6, 6.07) is 0. The fraction of sp³-hybridized carbons (Fsp3) is 0.783. The molecule has 1 aliphatic carbocycles. The summed E-state index contributed by atoms with van der Waals surface area (Å²) in [6.07, 6.45) is 12.0. The number of hydrogen-bond acceptors (Lipinski definition) is 4. The van der Waals surface area contributed by atoms with Crippen molar-refractivity contribution in [2.24, 2.45) is 5.41 Å². The van der Waals surface area contributed by atoms with Crippen molar-refractivity contribution in [2.75, 3.05) is 25.7 Å². The highest BCUT2D eigenvalue weighted by atomic mass is 79.9. The Kier molecular flexibility index (Phi) is 10.2. The Morgan fingerprint density at radius 3 is 2.55 bits per heavy atom. The average Bonchev–Trinajstić information content (AvgIpc) is 3.28. The smallest absolute Gasteiger partial charge is 0.319 e. The summed E-state index contributed by atoms with van der Waals surface area (Å²) < 4.78 is 18.0. The summed E-state index contributed by atoms with van der Waals surface area (Å²) in [4.78, 5) is 12.0. The Labute approximate surface area is 189 Å². The van der Waals surface area contributed by atoms with E-state index in [1.165, 1.54) is 11.1 Å². The summed E-state index contributed by atoms with van der Waals surface area (Å²) in [7, 11) is 0.